The van der Waals surface area contributed by atoms with Gasteiger partial charge in [-0.2, -0.15) is 0 Å². The number of piperazine rings is 1. The first-order chi connectivity index (χ1) is 13.3. The van der Waals surface area contributed by atoms with Crippen LogP contribution in [-0.2, 0) is 4.79 Å². The van der Waals surface area contributed by atoms with Gasteiger partial charge in [-0.05, 0) is 33.7 Å². The van der Waals surface area contributed by atoms with Gasteiger partial charge in [-0.15, -0.1) is 0 Å². The zero-order chi connectivity index (χ0) is 20.3. The van der Waals surface area contributed by atoms with E-state index in [1.165, 1.54) is 12.8 Å². The number of likely N-dealkylation sites (tertiary alicyclic amines) is 1. The smallest absolute Gasteiger partial charge is 0.225 e. The van der Waals surface area contributed by atoms with E-state index in [1.54, 1.807) is 0 Å². The molecule has 3 heterocycles. The van der Waals surface area contributed by atoms with E-state index >= 15 is 0 Å². The molecule has 2 aliphatic heterocycles. The van der Waals surface area contributed by atoms with Gasteiger partial charge < -0.3 is 4.90 Å². The highest BCUT2D eigenvalue weighted by Crippen LogP contribution is 2.33. The zero-order valence-corrected chi connectivity index (χ0v) is 17.9. The van der Waals surface area contributed by atoms with Crippen molar-refractivity contribution in [2.24, 2.45) is 5.92 Å². The fourth-order valence-electron chi connectivity index (χ4n) is 3.98. The molecule has 2 atom stereocenters. The van der Waals surface area contributed by atoms with E-state index in [0.29, 0.717) is 31.2 Å². The predicted octanol–water partition coefficient (Wildman–Crippen LogP) is 2.05. The molecule has 1 aromatic heterocycles. The van der Waals surface area contributed by atoms with Crippen molar-refractivity contribution < 1.29 is 4.79 Å². The lowest BCUT2D eigenvalue weighted by atomic mass is 10.1. The van der Waals surface area contributed by atoms with Gasteiger partial charge in [0.1, 0.15) is 5.78 Å². The Balaban J connectivity index is 1.57. The van der Waals surface area contributed by atoms with Crippen molar-refractivity contribution >= 4 is 11.7 Å². The van der Waals surface area contributed by atoms with Crippen LogP contribution in [0.1, 0.15) is 46.1 Å². The quantitative estimate of drug-likeness (QED) is 0.701. The normalized spacial score (nSPS) is 22.1. The number of aromatic nitrogens is 2. The Morgan fingerprint density at radius 2 is 1.79 bits per heavy atom. The third-order valence-electron chi connectivity index (χ3n) is 5.76. The molecule has 1 aromatic rings. The summed E-state index contributed by atoms with van der Waals surface area (Å²) in [6.45, 7) is 11.6. The van der Waals surface area contributed by atoms with Crippen molar-refractivity contribution in [3.05, 3.63) is 18.0 Å². The van der Waals surface area contributed by atoms with Crippen LogP contribution in [0.15, 0.2) is 12.4 Å². The highest BCUT2D eigenvalue weighted by atomic mass is 16.1. The maximum absolute atomic E-state index is 11.8. The Labute approximate surface area is 169 Å². The number of likely N-dealkylation sites (N-methyl/N-ethyl adjacent to an activating group) is 1. The van der Waals surface area contributed by atoms with Crippen LogP contribution in [0, 0.1) is 17.8 Å². The standard InChI is InChI=1S/C22H33N5O/c1-16(2)21(28)15-25(5)10-6-7-18-11-23-22(24-12-18)27-19-8-9-20(27)14-26(13-19)17(3)4/h11-12,16-17,19-20H,8-10,13-15H2,1-5H3. The van der Waals surface area contributed by atoms with Gasteiger partial charge in [0.05, 0.1) is 18.7 Å². The monoisotopic (exact) mass is 383 g/mol. The molecular weight excluding hydrogens is 350 g/mol. The van der Waals surface area contributed by atoms with Crippen molar-refractivity contribution in [3.8, 4) is 11.8 Å². The van der Waals surface area contributed by atoms with Gasteiger partial charge >= 0.3 is 0 Å². The second-order valence-electron chi connectivity index (χ2n) is 8.71. The lowest BCUT2D eigenvalue weighted by molar-refractivity contribution is -0.122. The summed E-state index contributed by atoms with van der Waals surface area (Å²) in [7, 11) is 1.92. The van der Waals surface area contributed by atoms with E-state index in [9.17, 15) is 4.79 Å². The third kappa shape index (κ3) is 4.89. The van der Waals surface area contributed by atoms with Crippen LogP contribution in [-0.4, -0.2) is 76.9 Å². The van der Waals surface area contributed by atoms with Crippen LogP contribution < -0.4 is 4.90 Å². The number of anilines is 1. The number of ketones is 1. The molecule has 3 rings (SSSR count). The van der Waals surface area contributed by atoms with E-state index in [0.717, 1.165) is 24.6 Å². The zero-order valence-electron chi connectivity index (χ0n) is 17.9. The molecule has 152 valence electrons. The van der Waals surface area contributed by atoms with Crippen LogP contribution in [0.5, 0.6) is 0 Å². The summed E-state index contributed by atoms with van der Waals surface area (Å²) in [5.74, 6) is 7.37. The van der Waals surface area contributed by atoms with E-state index < -0.39 is 0 Å². The molecule has 6 heteroatoms. The first kappa shape index (κ1) is 20.8. The third-order valence-corrected chi connectivity index (χ3v) is 5.76. The molecule has 0 aromatic carbocycles. The van der Waals surface area contributed by atoms with Gasteiger partial charge in [0, 0.05) is 49.5 Å². The minimum Gasteiger partial charge on any atom is -0.332 e. The topological polar surface area (TPSA) is 52.6 Å². The van der Waals surface area contributed by atoms with E-state index in [2.05, 4.69) is 45.5 Å². The molecule has 6 nitrogen and oxygen atoms in total. The average Bonchev–Trinajstić information content (AvgIpc) is 2.91. The first-order valence-corrected chi connectivity index (χ1v) is 10.4. The van der Waals surface area contributed by atoms with Gasteiger partial charge in [-0.3, -0.25) is 14.6 Å². The summed E-state index contributed by atoms with van der Waals surface area (Å²) < 4.78 is 0. The largest absolute Gasteiger partial charge is 0.332 e. The fourth-order valence-corrected chi connectivity index (χ4v) is 3.98. The molecule has 28 heavy (non-hydrogen) atoms. The Bertz CT molecular complexity index is 720. The SMILES string of the molecule is CC(C)C(=O)CN(C)CC#Cc1cnc(N2C3CCC2CN(C(C)C)C3)nc1. The van der Waals surface area contributed by atoms with E-state index in [1.807, 2.05) is 38.2 Å². The van der Waals surface area contributed by atoms with E-state index in [-0.39, 0.29) is 11.7 Å². The van der Waals surface area contributed by atoms with Crippen molar-refractivity contribution in [1.82, 2.24) is 19.8 Å². The molecule has 2 fully saturated rings. The second-order valence-corrected chi connectivity index (χ2v) is 8.71. The summed E-state index contributed by atoms with van der Waals surface area (Å²) in [5, 5.41) is 0. The Morgan fingerprint density at radius 3 is 2.32 bits per heavy atom. The summed E-state index contributed by atoms with van der Waals surface area (Å²) in [6.07, 6.45) is 6.09. The summed E-state index contributed by atoms with van der Waals surface area (Å²) in [6, 6.07) is 1.63. The van der Waals surface area contributed by atoms with Crippen molar-refractivity contribution in [1.29, 1.82) is 0 Å². The summed E-state index contributed by atoms with van der Waals surface area (Å²) in [5.41, 5.74) is 0.820. The van der Waals surface area contributed by atoms with Gasteiger partial charge in [0.15, 0.2) is 0 Å². The van der Waals surface area contributed by atoms with Crippen LogP contribution in [0.2, 0.25) is 0 Å². The van der Waals surface area contributed by atoms with Gasteiger partial charge in [0.2, 0.25) is 5.95 Å². The molecule has 2 unspecified atom stereocenters. The molecule has 0 amide bonds. The Kier molecular flexibility index (Phi) is 6.69. The number of hydrogen-bond acceptors (Lipinski definition) is 6. The Morgan fingerprint density at radius 1 is 1.18 bits per heavy atom. The molecule has 0 saturated carbocycles. The summed E-state index contributed by atoms with van der Waals surface area (Å²) in [4.78, 5) is 27.9. The van der Waals surface area contributed by atoms with Gasteiger partial charge in [0.25, 0.3) is 0 Å². The van der Waals surface area contributed by atoms with Crippen LogP contribution in [0.25, 0.3) is 0 Å². The maximum atomic E-state index is 11.8. The molecule has 2 aliphatic rings. The maximum Gasteiger partial charge on any atom is 0.225 e. The summed E-state index contributed by atoms with van der Waals surface area (Å²) >= 11 is 0. The minimum absolute atomic E-state index is 0.0639. The van der Waals surface area contributed by atoms with Crippen LogP contribution in [0.4, 0.5) is 5.95 Å². The number of Topliss-reactive ketones (excluding diaryl/α,β-unsaturated/α-hetero) is 1. The molecule has 2 bridgehead atoms. The van der Waals surface area contributed by atoms with Gasteiger partial charge in [-0.25, -0.2) is 9.97 Å². The molecular formula is C22H33N5O. The molecule has 0 aliphatic carbocycles. The average molecular weight is 384 g/mol. The number of nitrogens with zero attached hydrogens (tertiary/aromatic N) is 5. The predicted molar refractivity (Wildman–Crippen MR) is 112 cm³/mol. The molecule has 0 spiro atoms. The van der Waals surface area contributed by atoms with Crippen molar-refractivity contribution in [2.75, 3.05) is 38.1 Å². The highest BCUT2D eigenvalue weighted by Gasteiger charge is 2.41. The lowest BCUT2D eigenvalue weighted by Crippen LogP contribution is -2.56. The molecule has 0 N–H and O–H groups in total. The van der Waals surface area contributed by atoms with Crippen molar-refractivity contribution in [3.63, 3.8) is 0 Å². The Hall–Kier alpha value is -1.97. The van der Waals surface area contributed by atoms with E-state index in [4.69, 9.17) is 0 Å². The fraction of sp³-hybridized carbons (Fsp3) is 0.682. The number of hydrogen-bond donors (Lipinski definition) is 0. The van der Waals surface area contributed by atoms with Crippen LogP contribution >= 0.6 is 0 Å². The number of rotatable bonds is 6. The highest BCUT2D eigenvalue weighted by molar-refractivity contribution is 5.82. The number of fused-ring (bicyclic) bond motifs is 2. The van der Waals surface area contributed by atoms with Crippen LogP contribution in [0.3, 0.4) is 0 Å². The number of carbonyl (C=O) groups is 1. The van der Waals surface area contributed by atoms with Crippen molar-refractivity contribution in [2.45, 2.75) is 58.7 Å². The molecule has 0 radical (unpaired) electrons. The first-order valence-electron chi connectivity index (χ1n) is 10.4. The number of carbonyl (C=O) groups excluding carboxylic acids is 1. The minimum atomic E-state index is 0.0639. The second kappa shape index (κ2) is 9.02. The lowest BCUT2D eigenvalue weighted by Gasteiger charge is -2.42. The molecule has 2 saturated heterocycles. The van der Waals surface area contributed by atoms with Gasteiger partial charge in [-0.1, -0.05) is 25.7 Å².